The third-order valence-electron chi connectivity index (χ3n) is 0.584. The van der Waals surface area contributed by atoms with Crippen LogP contribution in [0.5, 0.6) is 0 Å². The zero-order valence-electron chi connectivity index (χ0n) is 6.88. The quantitative estimate of drug-likeness (QED) is 0.467. The molecular formula is C7H16N2O2. The van der Waals surface area contributed by atoms with Crippen molar-refractivity contribution < 1.29 is 9.53 Å². The fourth-order valence-corrected chi connectivity index (χ4v) is 0.311. The highest BCUT2D eigenvalue weighted by Gasteiger charge is 1.74. The second kappa shape index (κ2) is 11.7. The Hall–Kier alpha value is -1.03. The summed E-state index contributed by atoms with van der Waals surface area (Å²) >= 11 is 0. The van der Waals surface area contributed by atoms with Gasteiger partial charge in [0, 0.05) is 6.61 Å². The zero-order valence-corrected chi connectivity index (χ0v) is 6.88. The first-order valence-corrected chi connectivity index (χ1v) is 3.38. The van der Waals surface area contributed by atoms with Gasteiger partial charge in [0.15, 0.2) is 0 Å². The van der Waals surface area contributed by atoms with Crippen LogP contribution in [0, 0.1) is 0 Å². The Balaban J connectivity index is 0. The van der Waals surface area contributed by atoms with Crippen molar-refractivity contribution in [3.8, 4) is 0 Å². The Kier molecular flexibility index (Phi) is 13.5. The number of rotatable bonds is 4. The molecule has 0 saturated heterocycles. The molecule has 0 fully saturated rings. The summed E-state index contributed by atoms with van der Waals surface area (Å²) < 4.78 is 5.01. The standard InChI is InChI=1S/C6H12O.CH4N2O/c1-3-5-7-6-4-2;2-1(3)4/h3H,1,4-6H2,2H3;(H4,2,3,4). The number of amides is 2. The van der Waals surface area contributed by atoms with E-state index in [9.17, 15) is 0 Å². The molecule has 0 unspecified atom stereocenters. The number of nitrogens with two attached hydrogens (primary N) is 2. The molecule has 0 aliphatic carbocycles. The van der Waals surface area contributed by atoms with E-state index in [1.165, 1.54) is 0 Å². The van der Waals surface area contributed by atoms with Gasteiger partial charge in [-0.2, -0.15) is 0 Å². The van der Waals surface area contributed by atoms with Crippen LogP contribution < -0.4 is 11.5 Å². The van der Waals surface area contributed by atoms with Crippen LogP contribution in [0.4, 0.5) is 4.79 Å². The summed E-state index contributed by atoms with van der Waals surface area (Å²) in [4.78, 5) is 9.00. The van der Waals surface area contributed by atoms with Crippen LogP contribution in [0.1, 0.15) is 13.3 Å². The fraction of sp³-hybridized carbons (Fsp3) is 0.571. The van der Waals surface area contributed by atoms with E-state index in [-0.39, 0.29) is 0 Å². The van der Waals surface area contributed by atoms with Gasteiger partial charge in [0.1, 0.15) is 0 Å². The van der Waals surface area contributed by atoms with E-state index in [1.54, 1.807) is 6.08 Å². The topological polar surface area (TPSA) is 78.3 Å². The molecule has 0 aliphatic rings. The van der Waals surface area contributed by atoms with E-state index in [4.69, 9.17) is 9.53 Å². The monoisotopic (exact) mass is 160 g/mol. The summed E-state index contributed by atoms with van der Waals surface area (Å²) in [6, 6.07) is -0.833. The average Bonchev–Trinajstić information content (AvgIpc) is 1.88. The van der Waals surface area contributed by atoms with Gasteiger partial charge in [0.2, 0.25) is 0 Å². The second-order valence-electron chi connectivity index (χ2n) is 1.77. The lowest BCUT2D eigenvalue weighted by Gasteiger charge is -1.92. The van der Waals surface area contributed by atoms with Gasteiger partial charge >= 0.3 is 6.03 Å². The molecule has 11 heavy (non-hydrogen) atoms. The molecule has 0 aromatic carbocycles. The van der Waals surface area contributed by atoms with Crippen LogP contribution in [0.3, 0.4) is 0 Å². The minimum Gasteiger partial charge on any atom is -0.377 e. The summed E-state index contributed by atoms with van der Waals surface area (Å²) in [7, 11) is 0. The zero-order chi connectivity index (χ0) is 9.11. The highest BCUT2D eigenvalue weighted by Crippen LogP contribution is 1.77. The van der Waals surface area contributed by atoms with Crippen molar-refractivity contribution in [1.29, 1.82) is 0 Å². The summed E-state index contributed by atoms with van der Waals surface area (Å²) in [5, 5.41) is 0. The van der Waals surface area contributed by atoms with Crippen LogP contribution in [-0.2, 0) is 4.74 Å². The van der Waals surface area contributed by atoms with Crippen molar-refractivity contribution >= 4 is 6.03 Å². The molecule has 2 amide bonds. The Morgan fingerprint density at radius 1 is 1.64 bits per heavy atom. The normalized spacial score (nSPS) is 7.73. The molecule has 4 N–H and O–H groups in total. The maximum Gasteiger partial charge on any atom is 0.309 e. The first-order chi connectivity index (χ1) is 5.15. The van der Waals surface area contributed by atoms with Crippen molar-refractivity contribution in [3.05, 3.63) is 12.7 Å². The van der Waals surface area contributed by atoms with Gasteiger partial charge in [-0.3, -0.25) is 0 Å². The minimum absolute atomic E-state index is 0.688. The van der Waals surface area contributed by atoms with E-state index in [0.29, 0.717) is 6.61 Å². The van der Waals surface area contributed by atoms with Gasteiger partial charge in [-0.15, -0.1) is 6.58 Å². The molecule has 4 nitrogen and oxygen atoms in total. The lowest BCUT2D eigenvalue weighted by atomic mass is 10.5. The summed E-state index contributed by atoms with van der Waals surface area (Å²) in [5.74, 6) is 0. The number of carbonyl (C=O) groups excluding carboxylic acids is 1. The molecule has 66 valence electrons. The predicted octanol–water partition coefficient (Wildman–Crippen LogP) is 0.623. The van der Waals surface area contributed by atoms with Crippen molar-refractivity contribution in [2.45, 2.75) is 13.3 Å². The molecule has 0 spiro atoms. The molecule has 0 saturated carbocycles. The van der Waals surface area contributed by atoms with Crippen molar-refractivity contribution in [3.63, 3.8) is 0 Å². The third-order valence-corrected chi connectivity index (χ3v) is 0.584. The molecule has 0 rings (SSSR count). The highest BCUT2D eigenvalue weighted by atomic mass is 16.5. The molecular weight excluding hydrogens is 144 g/mol. The Labute approximate surface area is 67.2 Å². The molecule has 0 aliphatic heterocycles. The number of hydrogen-bond donors (Lipinski definition) is 2. The lowest BCUT2D eigenvalue weighted by Crippen LogP contribution is -2.18. The smallest absolute Gasteiger partial charge is 0.309 e. The predicted molar refractivity (Wildman–Crippen MR) is 45.1 cm³/mol. The Morgan fingerprint density at radius 2 is 2.09 bits per heavy atom. The Bertz CT molecular complexity index is 101. The van der Waals surface area contributed by atoms with Crippen LogP contribution >= 0.6 is 0 Å². The maximum atomic E-state index is 9.00. The van der Waals surface area contributed by atoms with E-state index in [0.717, 1.165) is 13.0 Å². The van der Waals surface area contributed by atoms with E-state index in [2.05, 4.69) is 25.0 Å². The van der Waals surface area contributed by atoms with Crippen molar-refractivity contribution in [2.24, 2.45) is 11.5 Å². The van der Waals surface area contributed by atoms with Crippen LogP contribution in [-0.4, -0.2) is 19.2 Å². The van der Waals surface area contributed by atoms with E-state index >= 15 is 0 Å². The minimum atomic E-state index is -0.833. The Morgan fingerprint density at radius 3 is 2.36 bits per heavy atom. The highest BCUT2D eigenvalue weighted by molar-refractivity contribution is 5.69. The fourth-order valence-electron chi connectivity index (χ4n) is 0.311. The SMILES string of the molecule is C=CCOCCC.NC(N)=O. The number of hydrogen-bond acceptors (Lipinski definition) is 2. The molecule has 0 radical (unpaired) electrons. The maximum absolute atomic E-state index is 9.00. The molecule has 0 aromatic heterocycles. The summed E-state index contributed by atoms with van der Waals surface area (Å²) in [5.41, 5.74) is 8.50. The summed E-state index contributed by atoms with van der Waals surface area (Å²) in [6.45, 7) is 7.14. The van der Waals surface area contributed by atoms with Gasteiger partial charge in [0.25, 0.3) is 0 Å². The molecule has 0 bridgehead atoms. The molecule has 0 atom stereocenters. The van der Waals surface area contributed by atoms with Crippen LogP contribution in [0.15, 0.2) is 12.7 Å². The first kappa shape index (κ1) is 12.6. The van der Waals surface area contributed by atoms with Gasteiger partial charge < -0.3 is 16.2 Å². The molecule has 4 heteroatoms. The third kappa shape index (κ3) is 49.4. The second-order valence-corrected chi connectivity index (χ2v) is 1.77. The van der Waals surface area contributed by atoms with Gasteiger partial charge in [-0.25, -0.2) is 4.79 Å². The van der Waals surface area contributed by atoms with Crippen molar-refractivity contribution in [1.82, 2.24) is 0 Å². The largest absolute Gasteiger partial charge is 0.377 e. The molecule has 0 heterocycles. The van der Waals surface area contributed by atoms with Gasteiger partial charge in [-0.1, -0.05) is 13.0 Å². The average molecular weight is 160 g/mol. The number of carbonyl (C=O) groups is 1. The number of primary amides is 2. The first-order valence-electron chi connectivity index (χ1n) is 3.38. The van der Waals surface area contributed by atoms with Gasteiger partial charge in [0.05, 0.1) is 6.61 Å². The lowest BCUT2D eigenvalue weighted by molar-refractivity contribution is 0.163. The number of urea groups is 1. The van der Waals surface area contributed by atoms with Crippen LogP contribution in [0.25, 0.3) is 0 Å². The van der Waals surface area contributed by atoms with E-state index in [1.807, 2.05) is 0 Å². The van der Waals surface area contributed by atoms with E-state index < -0.39 is 6.03 Å². The number of ether oxygens (including phenoxy) is 1. The van der Waals surface area contributed by atoms with Crippen molar-refractivity contribution in [2.75, 3.05) is 13.2 Å². The van der Waals surface area contributed by atoms with Crippen LogP contribution in [0.2, 0.25) is 0 Å². The molecule has 0 aromatic rings. The van der Waals surface area contributed by atoms with Gasteiger partial charge in [-0.05, 0) is 6.42 Å². The summed E-state index contributed by atoms with van der Waals surface area (Å²) in [6.07, 6.45) is 2.85.